The highest BCUT2D eigenvalue weighted by atomic mass is 16.3. The smallest absolute Gasteiger partial charge is 0.154 e. The van der Waals surface area contributed by atoms with Crippen LogP contribution in [0.5, 0.6) is 0 Å². The van der Waals surface area contributed by atoms with Crippen LogP contribution < -0.4 is 0 Å². The number of para-hydroxylation sites is 1. The number of furan rings is 1. The lowest BCUT2D eigenvalue weighted by Gasteiger charge is -2.10. The SMILES string of the molecule is C=C/C=C(\C=C/C)CN=C.C=NC(=NCc1cccc(-c2cccc(-c3cccc(-c4cccc5c4oc4c6ccccc6c6ccccc6c54)c3)c2)c1)c1ccccc1. The van der Waals surface area contributed by atoms with Crippen LogP contribution in [0.4, 0.5) is 0 Å². The zero-order chi connectivity index (χ0) is 41.3. The van der Waals surface area contributed by atoms with Crippen LogP contribution >= 0.6 is 0 Å². The maximum Gasteiger partial charge on any atom is 0.154 e. The summed E-state index contributed by atoms with van der Waals surface area (Å²) in [5.41, 5.74) is 11.9. The van der Waals surface area contributed by atoms with Crippen LogP contribution in [0.3, 0.4) is 0 Å². The number of rotatable bonds is 10. The standard InChI is InChI=1S/C47H32N2O.C9H13N/c1-48-47(32-14-3-2-4-15-32)49-30-31-13-9-16-33(27-31)34-17-10-18-35(28-34)36-19-11-20-37(29-36)38-25-12-26-43-44-41-23-7-5-21-39(41)40-22-6-8-24-42(40)46(44)50-45(38)43;1-4-6-9(7-5-2)8-10-3/h2-29H,1,30H2;4-7H,1,3,8H2,2H3/b;7-5-,9-6+. The van der Waals surface area contributed by atoms with Crippen molar-refractivity contribution in [2.24, 2.45) is 15.0 Å². The summed E-state index contributed by atoms with van der Waals surface area (Å²) in [6, 6.07) is 59.8. The molecule has 0 saturated heterocycles. The molecule has 290 valence electrons. The van der Waals surface area contributed by atoms with E-state index in [9.17, 15) is 0 Å². The number of benzene rings is 8. The average molecular weight is 776 g/mol. The Morgan fingerprint density at radius 2 is 1.13 bits per heavy atom. The van der Waals surface area contributed by atoms with Crippen molar-refractivity contribution in [3.8, 4) is 33.4 Å². The number of allylic oxidation sites excluding steroid dienone is 3. The summed E-state index contributed by atoms with van der Waals surface area (Å²) < 4.78 is 6.84. The van der Waals surface area contributed by atoms with Crippen molar-refractivity contribution in [3.63, 3.8) is 0 Å². The third-order valence-corrected chi connectivity index (χ3v) is 10.6. The molecule has 0 aliphatic carbocycles. The quantitative estimate of drug-likeness (QED) is 0.0591. The minimum absolute atomic E-state index is 0.526. The first-order chi connectivity index (χ1) is 29.6. The molecule has 9 aromatic rings. The lowest BCUT2D eigenvalue weighted by atomic mass is 9.94. The van der Waals surface area contributed by atoms with Crippen LogP contribution in [0, 0.1) is 0 Å². The van der Waals surface area contributed by atoms with Crippen LogP contribution in [-0.2, 0) is 6.54 Å². The van der Waals surface area contributed by atoms with Gasteiger partial charge in [-0.3, -0.25) is 9.98 Å². The third kappa shape index (κ3) is 8.18. The van der Waals surface area contributed by atoms with Gasteiger partial charge in [0, 0.05) is 27.3 Å². The zero-order valence-electron chi connectivity index (χ0n) is 33.8. The summed E-state index contributed by atoms with van der Waals surface area (Å²) in [7, 11) is 0. The van der Waals surface area contributed by atoms with E-state index in [1.54, 1.807) is 6.08 Å². The summed E-state index contributed by atoms with van der Waals surface area (Å²) in [5.74, 6) is 0.651. The topological polar surface area (TPSA) is 50.2 Å². The van der Waals surface area contributed by atoms with Gasteiger partial charge in [-0.1, -0.05) is 183 Å². The second-order valence-corrected chi connectivity index (χ2v) is 14.5. The van der Waals surface area contributed by atoms with Crippen LogP contribution in [0.15, 0.2) is 226 Å². The van der Waals surface area contributed by atoms with Crippen molar-refractivity contribution in [2.75, 3.05) is 6.54 Å². The van der Waals surface area contributed by atoms with Crippen molar-refractivity contribution >= 4 is 62.8 Å². The highest BCUT2D eigenvalue weighted by Crippen LogP contribution is 2.43. The van der Waals surface area contributed by atoms with Crippen molar-refractivity contribution in [2.45, 2.75) is 13.5 Å². The predicted octanol–water partition coefficient (Wildman–Crippen LogP) is 14.9. The van der Waals surface area contributed by atoms with E-state index in [0.29, 0.717) is 18.9 Å². The fourth-order valence-corrected chi connectivity index (χ4v) is 7.89. The number of fused-ring (bicyclic) bond motifs is 8. The highest BCUT2D eigenvalue weighted by molar-refractivity contribution is 6.31. The molecule has 0 unspecified atom stereocenters. The van der Waals surface area contributed by atoms with Gasteiger partial charge in [0.1, 0.15) is 11.2 Å². The number of amidine groups is 1. The molecule has 0 amide bonds. The molecule has 1 aromatic heterocycles. The van der Waals surface area contributed by atoms with Gasteiger partial charge in [0.2, 0.25) is 0 Å². The van der Waals surface area contributed by atoms with E-state index in [2.05, 4.69) is 170 Å². The molecule has 60 heavy (non-hydrogen) atoms. The molecule has 8 aromatic carbocycles. The molecule has 0 saturated carbocycles. The van der Waals surface area contributed by atoms with Gasteiger partial charge in [0.25, 0.3) is 0 Å². The van der Waals surface area contributed by atoms with Crippen LogP contribution in [0.25, 0.3) is 76.9 Å². The van der Waals surface area contributed by atoms with E-state index in [-0.39, 0.29) is 0 Å². The summed E-state index contributed by atoms with van der Waals surface area (Å²) >= 11 is 0. The van der Waals surface area contributed by atoms with Gasteiger partial charge in [0.05, 0.1) is 13.1 Å². The number of aliphatic imine (C=N–C) groups is 3. The highest BCUT2D eigenvalue weighted by Gasteiger charge is 2.18. The van der Waals surface area contributed by atoms with Crippen LogP contribution in [0.2, 0.25) is 0 Å². The molecule has 0 bridgehead atoms. The van der Waals surface area contributed by atoms with E-state index >= 15 is 0 Å². The van der Waals surface area contributed by atoms with Gasteiger partial charge < -0.3 is 4.42 Å². The lowest BCUT2D eigenvalue weighted by Crippen LogP contribution is -1.97. The molecular formula is C56H45N3O. The van der Waals surface area contributed by atoms with Crippen molar-refractivity contribution < 1.29 is 4.42 Å². The van der Waals surface area contributed by atoms with Crippen molar-refractivity contribution in [1.82, 2.24) is 0 Å². The molecule has 9 rings (SSSR count). The van der Waals surface area contributed by atoms with Gasteiger partial charge in [-0.05, 0) is 93.7 Å². The molecule has 0 spiro atoms. The Bertz CT molecular complexity index is 3110. The molecule has 4 heteroatoms. The molecule has 1 heterocycles. The minimum atomic E-state index is 0.526. The molecule has 0 aliphatic rings. The second-order valence-electron chi connectivity index (χ2n) is 14.5. The van der Waals surface area contributed by atoms with Gasteiger partial charge in [-0.25, -0.2) is 4.99 Å². The summed E-state index contributed by atoms with van der Waals surface area (Å²) in [6.45, 7) is 13.9. The number of hydrogen-bond donors (Lipinski definition) is 0. The lowest BCUT2D eigenvalue weighted by molar-refractivity contribution is 0.674. The van der Waals surface area contributed by atoms with E-state index in [0.717, 1.165) is 72.0 Å². The van der Waals surface area contributed by atoms with Crippen molar-refractivity contribution in [1.29, 1.82) is 0 Å². The zero-order valence-corrected chi connectivity index (χ0v) is 33.8. The molecule has 0 radical (unpaired) electrons. The van der Waals surface area contributed by atoms with Gasteiger partial charge in [-0.2, -0.15) is 0 Å². The normalized spacial score (nSPS) is 11.9. The Balaban J connectivity index is 0.000000445. The first kappa shape index (κ1) is 39.2. The first-order valence-corrected chi connectivity index (χ1v) is 20.1. The minimum Gasteiger partial charge on any atom is -0.455 e. The molecule has 0 atom stereocenters. The summed E-state index contributed by atoms with van der Waals surface area (Å²) in [5, 5.41) is 7.11. The Kier molecular flexibility index (Phi) is 11.9. The summed E-state index contributed by atoms with van der Waals surface area (Å²) in [6.07, 6.45) is 7.64. The predicted molar refractivity (Wildman–Crippen MR) is 259 cm³/mol. The van der Waals surface area contributed by atoms with Gasteiger partial charge in [-0.15, -0.1) is 0 Å². The Morgan fingerprint density at radius 1 is 0.567 bits per heavy atom. The van der Waals surface area contributed by atoms with E-state index in [1.807, 2.05) is 55.5 Å². The molecule has 0 fully saturated rings. The summed E-state index contributed by atoms with van der Waals surface area (Å²) in [4.78, 5) is 12.7. The van der Waals surface area contributed by atoms with Crippen molar-refractivity contribution in [3.05, 3.63) is 217 Å². The number of nitrogens with zero attached hydrogens (tertiary/aromatic N) is 3. The van der Waals surface area contributed by atoms with Crippen LogP contribution in [0.1, 0.15) is 18.1 Å². The van der Waals surface area contributed by atoms with Crippen LogP contribution in [-0.4, -0.2) is 25.8 Å². The number of hydrogen-bond acceptors (Lipinski definition) is 3. The fraction of sp³-hybridized carbons (Fsp3) is 0.0536. The maximum atomic E-state index is 6.84. The Labute approximate surface area is 351 Å². The Hall–Kier alpha value is -7.69. The maximum absolute atomic E-state index is 6.84. The molecular weight excluding hydrogens is 731 g/mol. The van der Waals surface area contributed by atoms with E-state index in [1.165, 1.54) is 21.5 Å². The average Bonchev–Trinajstić information content (AvgIpc) is 3.71. The molecule has 4 nitrogen and oxygen atoms in total. The largest absolute Gasteiger partial charge is 0.455 e. The van der Waals surface area contributed by atoms with Gasteiger partial charge >= 0.3 is 0 Å². The monoisotopic (exact) mass is 775 g/mol. The fourth-order valence-electron chi connectivity index (χ4n) is 7.89. The third-order valence-electron chi connectivity index (χ3n) is 10.6. The molecule has 0 aliphatic heterocycles. The molecule has 0 N–H and O–H groups in total. The first-order valence-electron chi connectivity index (χ1n) is 20.1. The van der Waals surface area contributed by atoms with E-state index in [4.69, 9.17) is 9.41 Å². The van der Waals surface area contributed by atoms with Gasteiger partial charge in [0.15, 0.2) is 5.84 Å². The Morgan fingerprint density at radius 3 is 1.80 bits per heavy atom. The van der Waals surface area contributed by atoms with E-state index < -0.39 is 0 Å². The second kappa shape index (κ2) is 18.3.